The number of esters is 1. The highest BCUT2D eigenvalue weighted by Gasteiger charge is 2.17. The number of anilines is 1. The predicted octanol–water partition coefficient (Wildman–Crippen LogP) is 5.68. The topological polar surface area (TPSA) is 83.1 Å². The molecule has 3 aromatic rings. The summed E-state index contributed by atoms with van der Waals surface area (Å²) in [5.41, 5.74) is 3.43. The zero-order chi connectivity index (χ0) is 25.4. The van der Waals surface area contributed by atoms with Gasteiger partial charge in [-0.05, 0) is 47.9 Å². The highest BCUT2D eigenvalue weighted by molar-refractivity contribution is 6.34. The van der Waals surface area contributed by atoms with Gasteiger partial charge in [-0.25, -0.2) is 4.79 Å². The van der Waals surface area contributed by atoms with E-state index in [1.165, 1.54) is 32.4 Å². The van der Waals surface area contributed by atoms with Crippen LogP contribution in [0.15, 0.2) is 60.7 Å². The van der Waals surface area contributed by atoms with Crippen LogP contribution >= 0.6 is 11.6 Å². The van der Waals surface area contributed by atoms with Crippen molar-refractivity contribution in [2.45, 2.75) is 13.5 Å². The number of nitrogens with one attached hydrogen (secondary N) is 1. The molecule has 0 unspecified atom stereocenters. The molecule has 0 saturated carbocycles. The molecule has 0 aromatic heterocycles. The first-order chi connectivity index (χ1) is 16.9. The molecule has 35 heavy (non-hydrogen) atoms. The number of amides is 1. The normalized spacial score (nSPS) is 10.7. The van der Waals surface area contributed by atoms with Crippen molar-refractivity contribution in [3.63, 3.8) is 0 Å². The Morgan fingerprint density at radius 3 is 2.37 bits per heavy atom. The quantitative estimate of drug-likeness (QED) is 0.303. The molecular weight excluding hydrogens is 470 g/mol. The number of ether oxygens (including phenoxy) is 4. The molecule has 0 saturated heterocycles. The summed E-state index contributed by atoms with van der Waals surface area (Å²) in [6.07, 6.45) is 3.00. The Bertz CT molecular complexity index is 1250. The fraction of sp³-hybridized carbons (Fsp3) is 0.185. The van der Waals surface area contributed by atoms with E-state index in [9.17, 15) is 9.59 Å². The zero-order valence-corrected chi connectivity index (χ0v) is 20.6. The second-order valence-electron chi connectivity index (χ2n) is 7.47. The van der Waals surface area contributed by atoms with Gasteiger partial charge >= 0.3 is 5.97 Å². The molecule has 7 nitrogen and oxygen atoms in total. The third kappa shape index (κ3) is 6.55. The molecule has 0 radical (unpaired) electrons. The largest absolute Gasteiger partial charge is 0.496 e. The Labute approximate surface area is 209 Å². The lowest BCUT2D eigenvalue weighted by Crippen LogP contribution is -2.10. The van der Waals surface area contributed by atoms with Crippen molar-refractivity contribution in [1.29, 1.82) is 0 Å². The summed E-state index contributed by atoms with van der Waals surface area (Å²) in [4.78, 5) is 24.3. The van der Waals surface area contributed by atoms with Gasteiger partial charge in [-0.3, -0.25) is 4.79 Å². The van der Waals surface area contributed by atoms with E-state index in [4.69, 9.17) is 30.5 Å². The lowest BCUT2D eigenvalue weighted by atomic mass is 10.1. The third-order valence-corrected chi connectivity index (χ3v) is 5.52. The summed E-state index contributed by atoms with van der Waals surface area (Å²) in [7, 11) is 4.22. The number of benzene rings is 3. The number of hydrogen-bond acceptors (Lipinski definition) is 6. The van der Waals surface area contributed by atoms with Gasteiger partial charge in [-0.1, -0.05) is 41.9 Å². The number of aryl methyl sites for hydroxylation is 1. The molecule has 0 bridgehead atoms. The maximum atomic E-state index is 12.5. The van der Waals surface area contributed by atoms with Crippen LogP contribution in [0, 0.1) is 6.92 Å². The van der Waals surface area contributed by atoms with Gasteiger partial charge in [0, 0.05) is 12.1 Å². The Hall–Kier alpha value is -3.97. The van der Waals surface area contributed by atoms with Gasteiger partial charge in [-0.2, -0.15) is 0 Å². The molecule has 3 aromatic carbocycles. The third-order valence-electron chi connectivity index (χ3n) is 5.21. The van der Waals surface area contributed by atoms with Crippen molar-refractivity contribution < 1.29 is 28.5 Å². The van der Waals surface area contributed by atoms with E-state index in [0.717, 1.165) is 16.7 Å². The van der Waals surface area contributed by atoms with Crippen LogP contribution in [-0.2, 0) is 16.1 Å². The fourth-order valence-electron chi connectivity index (χ4n) is 3.27. The fourth-order valence-corrected chi connectivity index (χ4v) is 3.48. The van der Waals surface area contributed by atoms with Gasteiger partial charge in [-0.15, -0.1) is 0 Å². The number of halogens is 1. The molecule has 1 amide bonds. The van der Waals surface area contributed by atoms with Crippen LogP contribution in [0.4, 0.5) is 5.69 Å². The molecule has 0 aliphatic rings. The van der Waals surface area contributed by atoms with Crippen LogP contribution in [0.5, 0.6) is 17.2 Å². The van der Waals surface area contributed by atoms with E-state index in [-0.39, 0.29) is 16.3 Å². The maximum absolute atomic E-state index is 12.5. The molecule has 0 aliphatic heterocycles. The predicted molar refractivity (Wildman–Crippen MR) is 136 cm³/mol. The van der Waals surface area contributed by atoms with Crippen molar-refractivity contribution in [3.05, 3.63) is 87.9 Å². The number of hydrogen-bond donors (Lipinski definition) is 1. The first-order valence-corrected chi connectivity index (χ1v) is 11.0. The average molecular weight is 496 g/mol. The molecule has 0 atom stereocenters. The van der Waals surface area contributed by atoms with Crippen molar-refractivity contribution in [1.82, 2.24) is 0 Å². The van der Waals surface area contributed by atoms with E-state index in [1.807, 2.05) is 37.3 Å². The Morgan fingerprint density at radius 1 is 0.943 bits per heavy atom. The first kappa shape index (κ1) is 25.6. The van der Waals surface area contributed by atoms with Crippen LogP contribution in [0.25, 0.3) is 6.08 Å². The van der Waals surface area contributed by atoms with E-state index in [2.05, 4.69) is 5.32 Å². The summed E-state index contributed by atoms with van der Waals surface area (Å²) in [5.74, 6) is 0.362. The number of carbonyl (C=O) groups is 2. The molecular formula is C27H26ClNO6. The summed E-state index contributed by atoms with van der Waals surface area (Å²) in [6, 6.07) is 16.2. The number of methoxy groups -OCH3 is 3. The van der Waals surface area contributed by atoms with E-state index in [0.29, 0.717) is 23.8 Å². The zero-order valence-electron chi connectivity index (χ0n) is 19.9. The molecule has 0 fully saturated rings. The maximum Gasteiger partial charge on any atom is 0.341 e. The van der Waals surface area contributed by atoms with E-state index in [1.54, 1.807) is 25.3 Å². The van der Waals surface area contributed by atoms with Crippen LogP contribution in [-0.4, -0.2) is 33.2 Å². The number of carbonyl (C=O) groups excluding carboxylic acids is 2. The van der Waals surface area contributed by atoms with Gasteiger partial charge in [0.2, 0.25) is 5.91 Å². The minimum atomic E-state index is -0.596. The molecule has 3 rings (SSSR count). The summed E-state index contributed by atoms with van der Waals surface area (Å²) < 4.78 is 21.3. The van der Waals surface area contributed by atoms with Crippen LogP contribution in [0.1, 0.15) is 27.0 Å². The number of rotatable bonds is 9. The average Bonchev–Trinajstić information content (AvgIpc) is 2.87. The van der Waals surface area contributed by atoms with Crippen molar-refractivity contribution >= 4 is 35.2 Å². The first-order valence-electron chi connectivity index (χ1n) is 10.7. The van der Waals surface area contributed by atoms with Gasteiger partial charge in [0.15, 0.2) is 11.5 Å². The standard InChI is InChI=1S/C27H26ClNO6/c1-17-7-5-6-8-19(17)16-35-23-11-9-18(13-25(23)33-3)10-12-26(30)29-22-15-24(32-2)20(14-21(22)28)27(31)34-4/h5-15H,16H2,1-4H3,(H,29,30). The second kappa shape index (κ2) is 11.9. The van der Waals surface area contributed by atoms with Crippen LogP contribution in [0.3, 0.4) is 0 Å². The van der Waals surface area contributed by atoms with Crippen molar-refractivity contribution in [3.8, 4) is 17.2 Å². The van der Waals surface area contributed by atoms with Gasteiger partial charge in [0.25, 0.3) is 0 Å². The van der Waals surface area contributed by atoms with Gasteiger partial charge < -0.3 is 24.3 Å². The molecule has 1 N–H and O–H groups in total. The molecule has 0 aliphatic carbocycles. The lowest BCUT2D eigenvalue weighted by Gasteiger charge is -2.13. The van der Waals surface area contributed by atoms with Crippen molar-refractivity contribution in [2.24, 2.45) is 0 Å². The SMILES string of the molecule is COC(=O)c1cc(Cl)c(NC(=O)C=Cc2ccc(OCc3ccccc3C)c(OC)c2)cc1OC. The van der Waals surface area contributed by atoms with Crippen LogP contribution in [0.2, 0.25) is 5.02 Å². The highest BCUT2D eigenvalue weighted by atomic mass is 35.5. The summed E-state index contributed by atoms with van der Waals surface area (Å²) in [5, 5.41) is 2.85. The monoisotopic (exact) mass is 495 g/mol. The Balaban J connectivity index is 1.70. The summed E-state index contributed by atoms with van der Waals surface area (Å²) >= 11 is 6.23. The minimum Gasteiger partial charge on any atom is -0.496 e. The van der Waals surface area contributed by atoms with Gasteiger partial charge in [0.1, 0.15) is 17.9 Å². The Morgan fingerprint density at radius 2 is 1.69 bits per heavy atom. The summed E-state index contributed by atoms with van der Waals surface area (Å²) in [6.45, 7) is 2.45. The second-order valence-corrected chi connectivity index (χ2v) is 7.88. The Kier molecular flexibility index (Phi) is 8.75. The highest BCUT2D eigenvalue weighted by Crippen LogP contribution is 2.32. The van der Waals surface area contributed by atoms with Gasteiger partial charge in [0.05, 0.1) is 32.0 Å². The molecule has 0 heterocycles. The molecule has 0 spiro atoms. The molecule has 182 valence electrons. The molecule has 8 heteroatoms. The van der Waals surface area contributed by atoms with Crippen molar-refractivity contribution in [2.75, 3.05) is 26.6 Å². The van der Waals surface area contributed by atoms with E-state index < -0.39 is 11.9 Å². The smallest absolute Gasteiger partial charge is 0.341 e. The lowest BCUT2D eigenvalue weighted by molar-refractivity contribution is -0.111. The van der Waals surface area contributed by atoms with Crippen LogP contribution < -0.4 is 19.5 Å². The van der Waals surface area contributed by atoms with E-state index >= 15 is 0 Å². The minimum absolute atomic E-state index is 0.158.